The van der Waals surface area contributed by atoms with Crippen LogP contribution >= 0.6 is 15.9 Å². The van der Waals surface area contributed by atoms with Gasteiger partial charge in [0.1, 0.15) is 6.04 Å². The molecule has 2 aliphatic heterocycles. The number of nitrogens with one attached hydrogen (secondary N) is 2. The number of anilines is 2. The van der Waals surface area contributed by atoms with E-state index in [-0.39, 0.29) is 18.1 Å². The highest BCUT2D eigenvalue weighted by Crippen LogP contribution is 2.39. The number of nitrogens with zero attached hydrogens (tertiary/aromatic N) is 1. The third kappa shape index (κ3) is 2.32. The number of carbonyl (C=O) groups excluding carboxylic acids is 1. The first kappa shape index (κ1) is 13.9. The maximum absolute atomic E-state index is 11.9. The van der Waals surface area contributed by atoms with Gasteiger partial charge in [-0.3, -0.25) is 4.79 Å². The zero-order chi connectivity index (χ0) is 14.3. The molecule has 3 rings (SSSR count). The molecule has 2 unspecified atom stereocenters. The first-order valence-corrected chi connectivity index (χ1v) is 7.64. The zero-order valence-corrected chi connectivity index (χ0v) is 12.9. The van der Waals surface area contributed by atoms with Crippen molar-refractivity contribution in [2.75, 3.05) is 30.4 Å². The van der Waals surface area contributed by atoms with Crippen LogP contribution in [0.4, 0.5) is 11.4 Å². The third-order valence-corrected chi connectivity index (χ3v) is 4.61. The number of amides is 1. The van der Waals surface area contributed by atoms with Gasteiger partial charge in [-0.05, 0) is 48.0 Å². The lowest BCUT2D eigenvalue weighted by atomic mass is 10.0. The molecule has 1 saturated heterocycles. The maximum Gasteiger partial charge on any atom is 0.246 e. The number of halogens is 1. The average molecular weight is 340 g/mol. The molecule has 2 atom stereocenters. The standard InChI is InChI=1S/C14H18BrN3O2/c1-16-13-9-5-10(15)12(6-11(9)17-14(13)20)18-4-2-3-8(19)7-18/h5-6,8,13,16,19H,2-4,7H2,1H3,(H,17,20). The summed E-state index contributed by atoms with van der Waals surface area (Å²) in [5.41, 5.74) is 2.85. The van der Waals surface area contributed by atoms with E-state index in [0.29, 0.717) is 6.54 Å². The van der Waals surface area contributed by atoms with E-state index in [1.807, 2.05) is 12.1 Å². The fraction of sp³-hybridized carbons (Fsp3) is 0.500. The van der Waals surface area contributed by atoms with Crippen LogP contribution in [0.15, 0.2) is 16.6 Å². The Bertz CT molecular complexity index is 549. The number of aliphatic hydroxyl groups excluding tert-OH is 1. The van der Waals surface area contributed by atoms with Crippen molar-refractivity contribution in [1.29, 1.82) is 0 Å². The minimum atomic E-state index is -0.290. The maximum atomic E-state index is 11.9. The number of hydrogen-bond acceptors (Lipinski definition) is 4. The van der Waals surface area contributed by atoms with Crippen LogP contribution in [0, 0.1) is 0 Å². The predicted molar refractivity (Wildman–Crippen MR) is 82.0 cm³/mol. The molecule has 3 N–H and O–H groups in total. The van der Waals surface area contributed by atoms with Crippen LogP contribution in [-0.2, 0) is 4.79 Å². The van der Waals surface area contributed by atoms with Crippen LogP contribution in [0.3, 0.4) is 0 Å². The molecule has 0 radical (unpaired) electrons. The van der Waals surface area contributed by atoms with E-state index in [2.05, 4.69) is 31.5 Å². The van der Waals surface area contributed by atoms with Crippen molar-refractivity contribution >= 4 is 33.2 Å². The first-order chi connectivity index (χ1) is 9.60. The number of likely N-dealkylation sites (N-methyl/N-ethyl adjacent to an activating group) is 1. The lowest BCUT2D eigenvalue weighted by Gasteiger charge is -2.33. The Hall–Kier alpha value is -1.11. The average Bonchev–Trinajstić information content (AvgIpc) is 2.72. The van der Waals surface area contributed by atoms with Crippen LogP contribution in [0.1, 0.15) is 24.4 Å². The number of benzene rings is 1. The molecule has 2 aliphatic rings. The molecule has 1 aromatic carbocycles. The van der Waals surface area contributed by atoms with Gasteiger partial charge in [-0.25, -0.2) is 0 Å². The number of carbonyl (C=O) groups is 1. The van der Waals surface area contributed by atoms with Crippen molar-refractivity contribution < 1.29 is 9.90 Å². The molecule has 20 heavy (non-hydrogen) atoms. The molecule has 1 fully saturated rings. The zero-order valence-electron chi connectivity index (χ0n) is 11.3. The van der Waals surface area contributed by atoms with Gasteiger partial charge in [0.15, 0.2) is 0 Å². The Labute approximate surface area is 126 Å². The van der Waals surface area contributed by atoms with Gasteiger partial charge in [0.25, 0.3) is 0 Å². The monoisotopic (exact) mass is 339 g/mol. The summed E-state index contributed by atoms with van der Waals surface area (Å²) >= 11 is 3.59. The van der Waals surface area contributed by atoms with E-state index >= 15 is 0 Å². The summed E-state index contributed by atoms with van der Waals surface area (Å²) in [5.74, 6) is -0.0229. The molecule has 2 heterocycles. The van der Waals surface area contributed by atoms with E-state index in [4.69, 9.17) is 0 Å². The molecule has 0 bridgehead atoms. The minimum absolute atomic E-state index is 0.0229. The summed E-state index contributed by atoms with van der Waals surface area (Å²) in [6.45, 7) is 1.57. The molecule has 0 aliphatic carbocycles. The summed E-state index contributed by atoms with van der Waals surface area (Å²) < 4.78 is 0.960. The van der Waals surface area contributed by atoms with Crippen molar-refractivity contribution in [2.45, 2.75) is 25.0 Å². The summed E-state index contributed by atoms with van der Waals surface area (Å²) in [4.78, 5) is 14.0. The number of piperidine rings is 1. The topological polar surface area (TPSA) is 64.6 Å². The van der Waals surface area contributed by atoms with Gasteiger partial charge in [-0.2, -0.15) is 0 Å². The van der Waals surface area contributed by atoms with Crippen molar-refractivity contribution in [3.05, 3.63) is 22.2 Å². The third-order valence-electron chi connectivity index (χ3n) is 3.98. The Morgan fingerprint density at radius 1 is 1.50 bits per heavy atom. The highest BCUT2D eigenvalue weighted by atomic mass is 79.9. The van der Waals surface area contributed by atoms with E-state index in [0.717, 1.165) is 40.8 Å². The van der Waals surface area contributed by atoms with Crippen molar-refractivity contribution in [2.24, 2.45) is 0 Å². The Balaban J connectivity index is 1.95. The molecular formula is C14H18BrN3O2. The quantitative estimate of drug-likeness (QED) is 0.766. The van der Waals surface area contributed by atoms with Gasteiger partial charge in [0, 0.05) is 28.8 Å². The molecule has 1 amide bonds. The molecular weight excluding hydrogens is 322 g/mol. The van der Waals surface area contributed by atoms with E-state index < -0.39 is 0 Å². The second-order valence-electron chi connectivity index (χ2n) is 5.34. The largest absolute Gasteiger partial charge is 0.391 e. The Morgan fingerprint density at radius 2 is 2.30 bits per heavy atom. The summed E-state index contributed by atoms with van der Waals surface area (Å²) in [6.07, 6.45) is 1.57. The van der Waals surface area contributed by atoms with Crippen molar-refractivity contribution in [3.8, 4) is 0 Å². The van der Waals surface area contributed by atoms with Crippen LogP contribution < -0.4 is 15.5 Å². The van der Waals surface area contributed by atoms with Gasteiger partial charge in [-0.1, -0.05) is 0 Å². The smallest absolute Gasteiger partial charge is 0.246 e. The van der Waals surface area contributed by atoms with Gasteiger partial charge in [0.2, 0.25) is 5.91 Å². The Morgan fingerprint density at radius 3 is 3.00 bits per heavy atom. The van der Waals surface area contributed by atoms with E-state index in [9.17, 15) is 9.90 Å². The van der Waals surface area contributed by atoms with Gasteiger partial charge in [0.05, 0.1) is 11.8 Å². The SMILES string of the molecule is CNC1C(=O)Nc2cc(N3CCCC(O)C3)c(Br)cc21. The molecule has 0 saturated carbocycles. The highest BCUT2D eigenvalue weighted by Gasteiger charge is 2.31. The van der Waals surface area contributed by atoms with Crippen LogP contribution in [0.5, 0.6) is 0 Å². The molecule has 0 spiro atoms. The summed E-state index contributed by atoms with van der Waals surface area (Å²) in [5, 5.41) is 15.7. The fourth-order valence-electron chi connectivity index (χ4n) is 2.97. The second-order valence-corrected chi connectivity index (χ2v) is 6.20. The predicted octanol–water partition coefficient (Wildman–Crippen LogP) is 1.62. The summed E-state index contributed by atoms with van der Waals surface area (Å²) in [6, 6.07) is 3.69. The minimum Gasteiger partial charge on any atom is -0.391 e. The first-order valence-electron chi connectivity index (χ1n) is 6.84. The van der Waals surface area contributed by atoms with Crippen molar-refractivity contribution in [3.63, 3.8) is 0 Å². The molecule has 1 aromatic rings. The number of fused-ring (bicyclic) bond motifs is 1. The molecule has 0 aromatic heterocycles. The number of β-amino-alcohol motifs (C(OH)–C–C–N with tert-alkyl or cyclic N) is 1. The lowest BCUT2D eigenvalue weighted by Crippen LogP contribution is -2.38. The second kappa shape index (κ2) is 5.35. The normalized spacial score (nSPS) is 25.6. The van der Waals surface area contributed by atoms with E-state index in [1.54, 1.807) is 7.05 Å². The van der Waals surface area contributed by atoms with Gasteiger partial charge < -0.3 is 20.6 Å². The van der Waals surface area contributed by atoms with Gasteiger partial charge in [-0.15, -0.1) is 0 Å². The number of hydrogen-bond donors (Lipinski definition) is 3. The molecule has 6 heteroatoms. The van der Waals surface area contributed by atoms with Crippen LogP contribution in [0.2, 0.25) is 0 Å². The molecule has 108 valence electrons. The summed E-state index contributed by atoms with van der Waals surface area (Å²) in [7, 11) is 1.78. The van der Waals surface area contributed by atoms with Crippen LogP contribution in [0.25, 0.3) is 0 Å². The van der Waals surface area contributed by atoms with E-state index in [1.165, 1.54) is 0 Å². The van der Waals surface area contributed by atoms with Crippen LogP contribution in [-0.4, -0.2) is 37.3 Å². The Kier molecular flexibility index (Phi) is 3.70. The lowest BCUT2D eigenvalue weighted by molar-refractivity contribution is -0.117. The number of rotatable bonds is 2. The number of aliphatic hydroxyl groups is 1. The fourth-order valence-corrected chi connectivity index (χ4v) is 3.58. The van der Waals surface area contributed by atoms with Crippen molar-refractivity contribution in [1.82, 2.24) is 5.32 Å². The highest BCUT2D eigenvalue weighted by molar-refractivity contribution is 9.10. The van der Waals surface area contributed by atoms with Gasteiger partial charge >= 0.3 is 0 Å². The molecule has 5 nitrogen and oxygen atoms in total.